The summed E-state index contributed by atoms with van der Waals surface area (Å²) in [5.74, 6) is 0.741. The molecule has 0 aliphatic heterocycles. The normalized spacial score (nSPS) is 11.5. The number of ether oxygens (including phenoxy) is 1. The Labute approximate surface area is 242 Å². The summed E-state index contributed by atoms with van der Waals surface area (Å²) in [6, 6.07) is 11.2. The lowest BCUT2D eigenvalue weighted by Crippen LogP contribution is -2.33. The number of rotatable bonds is 14. The van der Waals surface area contributed by atoms with Crippen LogP contribution in [-0.2, 0) is 15.8 Å². The summed E-state index contributed by atoms with van der Waals surface area (Å²) < 4.78 is 20.3. The van der Waals surface area contributed by atoms with Crippen molar-refractivity contribution in [1.29, 1.82) is 0 Å². The average molecular weight is 587 g/mol. The van der Waals surface area contributed by atoms with Gasteiger partial charge in [-0.25, -0.2) is 9.19 Å². The van der Waals surface area contributed by atoms with Gasteiger partial charge in [0.05, 0.1) is 41.7 Å². The summed E-state index contributed by atoms with van der Waals surface area (Å²) in [4.78, 5) is 23.1. The van der Waals surface area contributed by atoms with Gasteiger partial charge in [-0.15, -0.1) is 0 Å². The number of para-hydroxylation sites is 2. The molecule has 0 aliphatic carbocycles. The molecule has 0 radical (unpaired) electrons. The maximum Gasteiger partial charge on any atom is 0.247 e. The van der Waals surface area contributed by atoms with Gasteiger partial charge in [0.25, 0.3) is 0 Å². The number of hydrogen-bond acceptors (Lipinski definition) is 9. The lowest BCUT2D eigenvalue weighted by Gasteiger charge is -2.25. The molecule has 214 valence electrons. The predicted octanol–water partition coefficient (Wildman–Crippen LogP) is 4.89. The molecule has 1 unspecified atom stereocenters. The Morgan fingerprint density at radius 1 is 1.18 bits per heavy atom. The number of anilines is 7. The van der Waals surface area contributed by atoms with E-state index < -0.39 is 11.0 Å². The Bertz CT molecular complexity index is 1370. The smallest absolute Gasteiger partial charge is 0.247 e. The van der Waals surface area contributed by atoms with Crippen LogP contribution in [0, 0.1) is 0 Å². The minimum absolute atomic E-state index is 0.234. The second-order valence-corrected chi connectivity index (χ2v) is 10.6. The van der Waals surface area contributed by atoms with Crippen molar-refractivity contribution in [3.8, 4) is 5.75 Å². The van der Waals surface area contributed by atoms with Gasteiger partial charge in [0, 0.05) is 38.5 Å². The lowest BCUT2D eigenvalue weighted by atomic mass is 10.2. The van der Waals surface area contributed by atoms with Crippen LogP contribution in [0.25, 0.3) is 0 Å². The largest absolute Gasteiger partial charge is 0.494 e. The number of carbonyl (C=O) groups excluding carboxylic acids is 1. The third-order valence-corrected chi connectivity index (χ3v) is 6.38. The number of carbonyl (C=O) groups is 1. The topological polar surface area (TPSA) is 133 Å². The van der Waals surface area contributed by atoms with E-state index in [1.807, 2.05) is 36.2 Å². The molecular weight excluding hydrogens is 552 g/mol. The molecule has 13 heteroatoms. The van der Waals surface area contributed by atoms with Gasteiger partial charge < -0.3 is 35.6 Å². The van der Waals surface area contributed by atoms with Gasteiger partial charge in [-0.1, -0.05) is 44.2 Å². The third kappa shape index (κ3) is 8.57. The van der Waals surface area contributed by atoms with E-state index in [2.05, 4.69) is 56.4 Å². The number of hydrogen-bond donors (Lipinski definition) is 5. The van der Waals surface area contributed by atoms with Gasteiger partial charge >= 0.3 is 0 Å². The van der Waals surface area contributed by atoms with Crippen LogP contribution in [0.5, 0.6) is 5.75 Å². The van der Waals surface area contributed by atoms with Crippen LogP contribution in [0.1, 0.15) is 13.8 Å². The van der Waals surface area contributed by atoms with E-state index >= 15 is 0 Å². The fraction of sp³-hybridized carbons (Fsp3) is 0.296. The number of nitrogens with one attached hydrogen (secondary N) is 5. The van der Waals surface area contributed by atoms with Crippen LogP contribution >= 0.6 is 11.6 Å². The standard InChI is InChI=1S/C27H35ClN8O3S/c1-7-25(37)31-21-14-22(24(39-5)15-23(21)36(4)13-12-29-17(2)3)33-27-30-16-18(28)26(34-27)32-19-10-8-9-11-20(19)35-40(6)38/h7-11,14-17,29,35H,1,12-13H2,2-6H3,(H,31,37)(H2,30,32,33,34). The van der Waals surface area contributed by atoms with Crippen LogP contribution < -0.4 is 35.6 Å². The van der Waals surface area contributed by atoms with E-state index in [-0.39, 0.29) is 16.9 Å². The maximum atomic E-state index is 12.3. The molecule has 0 fully saturated rings. The maximum absolute atomic E-state index is 12.3. The zero-order valence-corrected chi connectivity index (χ0v) is 24.7. The molecule has 0 aliphatic rings. The molecule has 1 aromatic heterocycles. The van der Waals surface area contributed by atoms with Crippen LogP contribution in [0.2, 0.25) is 5.02 Å². The number of amides is 1. The highest BCUT2D eigenvalue weighted by Crippen LogP contribution is 2.38. The van der Waals surface area contributed by atoms with Crippen molar-refractivity contribution in [3.05, 3.63) is 60.3 Å². The van der Waals surface area contributed by atoms with Crippen LogP contribution in [-0.4, -0.2) is 59.6 Å². The summed E-state index contributed by atoms with van der Waals surface area (Å²) in [7, 11) is 2.23. The molecule has 3 rings (SSSR count). The van der Waals surface area contributed by atoms with Gasteiger partial charge in [-0.2, -0.15) is 4.98 Å². The first-order chi connectivity index (χ1) is 19.1. The Morgan fingerprint density at radius 3 is 2.55 bits per heavy atom. The number of benzene rings is 2. The molecule has 1 heterocycles. The molecule has 5 N–H and O–H groups in total. The first kappa shape index (κ1) is 30.7. The van der Waals surface area contributed by atoms with Crippen molar-refractivity contribution < 1.29 is 13.7 Å². The first-order valence-corrected chi connectivity index (χ1v) is 14.4. The van der Waals surface area contributed by atoms with E-state index in [1.165, 1.54) is 12.3 Å². The highest BCUT2D eigenvalue weighted by atomic mass is 35.5. The summed E-state index contributed by atoms with van der Waals surface area (Å²) in [6.07, 6.45) is 4.22. The third-order valence-electron chi connectivity index (χ3n) is 5.60. The second kappa shape index (κ2) is 14.5. The van der Waals surface area contributed by atoms with Crippen molar-refractivity contribution >= 4 is 68.7 Å². The van der Waals surface area contributed by atoms with Crippen molar-refractivity contribution in [2.45, 2.75) is 19.9 Å². The average Bonchev–Trinajstić information content (AvgIpc) is 2.91. The minimum Gasteiger partial charge on any atom is -0.494 e. The van der Waals surface area contributed by atoms with E-state index in [1.54, 1.807) is 25.5 Å². The van der Waals surface area contributed by atoms with Gasteiger partial charge in [-0.3, -0.25) is 4.79 Å². The Balaban J connectivity index is 1.94. The molecule has 1 amide bonds. The van der Waals surface area contributed by atoms with Crippen molar-refractivity contribution in [3.63, 3.8) is 0 Å². The van der Waals surface area contributed by atoms with Crippen molar-refractivity contribution in [1.82, 2.24) is 15.3 Å². The molecule has 0 spiro atoms. The van der Waals surface area contributed by atoms with Crippen molar-refractivity contribution in [2.75, 3.05) is 59.1 Å². The van der Waals surface area contributed by atoms with Gasteiger partial charge in [0.2, 0.25) is 11.9 Å². The molecular formula is C27H35ClN8O3S. The Kier molecular flexibility index (Phi) is 11.1. The van der Waals surface area contributed by atoms with E-state index in [0.717, 1.165) is 12.2 Å². The van der Waals surface area contributed by atoms with Crippen LogP contribution in [0.4, 0.5) is 40.2 Å². The fourth-order valence-electron chi connectivity index (χ4n) is 3.68. The Morgan fingerprint density at radius 2 is 1.90 bits per heavy atom. The van der Waals surface area contributed by atoms with E-state index in [0.29, 0.717) is 46.9 Å². The number of likely N-dealkylation sites (N-methyl/N-ethyl adjacent to an activating group) is 1. The summed E-state index contributed by atoms with van der Waals surface area (Å²) >= 11 is 6.39. The molecule has 3 aromatic rings. The summed E-state index contributed by atoms with van der Waals surface area (Å²) in [6.45, 7) is 9.19. The molecule has 11 nitrogen and oxygen atoms in total. The van der Waals surface area contributed by atoms with Gasteiger partial charge in [-0.05, 0) is 24.3 Å². The van der Waals surface area contributed by atoms with Gasteiger partial charge in [0.1, 0.15) is 21.8 Å². The fourth-order valence-corrected chi connectivity index (χ4v) is 4.30. The van der Waals surface area contributed by atoms with E-state index in [4.69, 9.17) is 16.3 Å². The quantitative estimate of drug-likeness (QED) is 0.167. The zero-order valence-electron chi connectivity index (χ0n) is 23.2. The number of aromatic nitrogens is 2. The predicted molar refractivity (Wildman–Crippen MR) is 166 cm³/mol. The van der Waals surface area contributed by atoms with Gasteiger partial charge in [0.15, 0.2) is 5.82 Å². The monoisotopic (exact) mass is 586 g/mol. The number of nitrogens with zero attached hydrogens (tertiary/aromatic N) is 3. The zero-order chi connectivity index (χ0) is 29.2. The summed E-state index contributed by atoms with van der Waals surface area (Å²) in [5, 5.41) is 12.9. The van der Waals surface area contributed by atoms with E-state index in [9.17, 15) is 9.00 Å². The summed E-state index contributed by atoms with van der Waals surface area (Å²) in [5.41, 5.74) is 3.10. The number of halogens is 1. The molecule has 0 saturated carbocycles. The molecule has 0 saturated heterocycles. The minimum atomic E-state index is -1.27. The lowest BCUT2D eigenvalue weighted by molar-refractivity contribution is -0.111. The number of methoxy groups -OCH3 is 1. The second-order valence-electron chi connectivity index (χ2n) is 9.04. The highest BCUT2D eigenvalue weighted by molar-refractivity contribution is 7.85. The van der Waals surface area contributed by atoms with Crippen LogP contribution in [0.3, 0.4) is 0 Å². The Hall–Kier alpha value is -3.87. The SMILES string of the molecule is C=CC(=O)Nc1cc(Nc2ncc(Cl)c(Nc3ccccc3NS(C)=O)n2)c(OC)cc1N(C)CCNC(C)C. The first-order valence-electron chi connectivity index (χ1n) is 12.5. The van der Waals surface area contributed by atoms with Crippen LogP contribution in [0.15, 0.2) is 55.3 Å². The highest BCUT2D eigenvalue weighted by Gasteiger charge is 2.17. The van der Waals surface area contributed by atoms with Crippen molar-refractivity contribution in [2.24, 2.45) is 0 Å². The molecule has 40 heavy (non-hydrogen) atoms. The molecule has 1 atom stereocenters. The molecule has 2 aromatic carbocycles. The molecule has 0 bridgehead atoms.